The van der Waals surface area contributed by atoms with Crippen molar-refractivity contribution < 1.29 is 19.7 Å². The molecule has 4 nitrogen and oxygen atoms in total. The van der Waals surface area contributed by atoms with Gasteiger partial charge in [0.2, 0.25) is 0 Å². The Hall–Kier alpha value is -0.870. The van der Waals surface area contributed by atoms with E-state index in [4.69, 9.17) is 9.84 Å². The van der Waals surface area contributed by atoms with E-state index in [2.05, 4.69) is 6.92 Å². The van der Waals surface area contributed by atoms with E-state index in [-0.39, 0.29) is 0 Å². The molecule has 0 aromatic rings. The highest BCUT2D eigenvalue weighted by atomic mass is 16.6. The molecule has 0 radical (unpaired) electrons. The number of ether oxygens (including phenoxy) is 1. The van der Waals surface area contributed by atoms with E-state index >= 15 is 0 Å². The largest absolute Gasteiger partial charge is 0.453 e. The number of rotatable bonds is 6. The minimum Gasteiger partial charge on any atom is -0.453 e. The first-order chi connectivity index (χ1) is 7.66. The lowest BCUT2D eigenvalue weighted by molar-refractivity contribution is -0.146. The molecule has 0 aliphatic carbocycles. The zero-order chi connectivity index (χ0) is 12.0. The summed E-state index contributed by atoms with van der Waals surface area (Å²) in [4.78, 5) is 10.9. The summed E-state index contributed by atoms with van der Waals surface area (Å²) in [5.41, 5.74) is 0. The van der Waals surface area contributed by atoms with Crippen LogP contribution < -0.4 is 0 Å². The van der Waals surface area contributed by atoms with Gasteiger partial charge in [-0.2, -0.15) is 0 Å². The highest BCUT2D eigenvalue weighted by molar-refractivity contribution is 5.78. The number of esters is 1. The van der Waals surface area contributed by atoms with Crippen LogP contribution in [0.5, 0.6) is 0 Å². The molecule has 4 heteroatoms. The van der Waals surface area contributed by atoms with Gasteiger partial charge in [-0.05, 0) is 18.9 Å². The Labute approximate surface area is 95.9 Å². The van der Waals surface area contributed by atoms with Crippen molar-refractivity contribution in [3.8, 4) is 0 Å². The molecule has 1 aliphatic rings. The number of cyclic esters (lactones) is 1. The van der Waals surface area contributed by atoms with Gasteiger partial charge >= 0.3 is 5.97 Å². The maximum absolute atomic E-state index is 10.9. The predicted octanol–water partition coefficient (Wildman–Crippen LogP) is 1.16. The Bertz CT molecular complexity index is 249. The lowest BCUT2D eigenvalue weighted by Crippen LogP contribution is -2.29. The van der Waals surface area contributed by atoms with Crippen LogP contribution in [0.15, 0.2) is 12.2 Å². The molecule has 1 fully saturated rings. The fourth-order valence-corrected chi connectivity index (χ4v) is 1.67. The van der Waals surface area contributed by atoms with Crippen molar-refractivity contribution in [3.05, 3.63) is 12.2 Å². The first kappa shape index (κ1) is 13.2. The first-order valence-corrected chi connectivity index (χ1v) is 5.90. The van der Waals surface area contributed by atoms with Crippen molar-refractivity contribution in [2.45, 2.75) is 57.3 Å². The van der Waals surface area contributed by atoms with E-state index in [1.54, 1.807) is 6.08 Å². The summed E-state index contributed by atoms with van der Waals surface area (Å²) < 4.78 is 4.79. The molecule has 1 aliphatic heterocycles. The van der Waals surface area contributed by atoms with Crippen molar-refractivity contribution in [2.24, 2.45) is 0 Å². The summed E-state index contributed by atoms with van der Waals surface area (Å²) in [7, 11) is 0. The fraction of sp³-hybridized carbons (Fsp3) is 0.750. The monoisotopic (exact) mass is 228 g/mol. The third-order valence-electron chi connectivity index (χ3n) is 2.70. The average Bonchev–Trinajstić information content (AvgIpc) is 2.51. The molecule has 1 saturated heterocycles. The van der Waals surface area contributed by atoms with Crippen LogP contribution in [0.25, 0.3) is 0 Å². The number of aliphatic hydroxyl groups excluding tert-OH is 2. The van der Waals surface area contributed by atoms with Crippen LogP contribution in [0.2, 0.25) is 0 Å². The van der Waals surface area contributed by atoms with Crippen molar-refractivity contribution >= 4 is 5.97 Å². The standard InChI is InChI=1S/C12H20O4/c1-2-3-4-5-6-7-8-9-10(13)11(14)12(15)16-9/h7-11,13-14H,2-6H2,1H3/b8-7-/t9-,10+,11-/m0/s1. The SMILES string of the molecule is CCCCCC/C=C\[C@@H]1OC(=O)[C@@H](O)[C@@H]1O. The molecular formula is C12H20O4. The molecule has 0 unspecified atom stereocenters. The minimum absolute atomic E-state index is 0.686. The topological polar surface area (TPSA) is 66.8 Å². The second-order valence-electron chi connectivity index (χ2n) is 4.11. The van der Waals surface area contributed by atoms with Crippen LogP contribution in [0, 0.1) is 0 Å². The molecule has 92 valence electrons. The zero-order valence-electron chi connectivity index (χ0n) is 9.63. The van der Waals surface area contributed by atoms with Crippen LogP contribution >= 0.6 is 0 Å². The van der Waals surface area contributed by atoms with Gasteiger partial charge in [0, 0.05) is 0 Å². The van der Waals surface area contributed by atoms with E-state index in [0.717, 1.165) is 12.8 Å². The fourth-order valence-electron chi connectivity index (χ4n) is 1.67. The summed E-state index contributed by atoms with van der Waals surface area (Å²) in [6.45, 7) is 2.16. The molecule has 1 heterocycles. The maximum atomic E-state index is 10.9. The summed E-state index contributed by atoms with van der Waals surface area (Å²) in [6, 6.07) is 0. The number of unbranched alkanes of at least 4 members (excludes halogenated alkanes) is 4. The molecule has 16 heavy (non-hydrogen) atoms. The molecule has 3 atom stereocenters. The van der Waals surface area contributed by atoms with Crippen molar-refractivity contribution in [1.29, 1.82) is 0 Å². The highest BCUT2D eigenvalue weighted by Crippen LogP contribution is 2.17. The summed E-state index contributed by atoms with van der Waals surface area (Å²) >= 11 is 0. The number of hydrogen-bond acceptors (Lipinski definition) is 4. The van der Waals surface area contributed by atoms with Gasteiger partial charge in [-0.1, -0.05) is 32.3 Å². The molecule has 0 saturated carbocycles. The number of allylic oxidation sites excluding steroid dienone is 1. The molecule has 0 aromatic carbocycles. The Morgan fingerprint density at radius 3 is 2.62 bits per heavy atom. The Morgan fingerprint density at radius 2 is 2.06 bits per heavy atom. The quantitative estimate of drug-likeness (QED) is 0.407. The van der Waals surface area contributed by atoms with E-state index in [1.165, 1.54) is 19.3 Å². The lowest BCUT2D eigenvalue weighted by Gasteiger charge is -2.07. The summed E-state index contributed by atoms with van der Waals surface area (Å²) in [6.07, 6.45) is 5.99. The van der Waals surface area contributed by atoms with Crippen molar-refractivity contribution in [3.63, 3.8) is 0 Å². The van der Waals surface area contributed by atoms with E-state index in [0.29, 0.717) is 0 Å². The average molecular weight is 228 g/mol. The summed E-state index contributed by atoms with van der Waals surface area (Å²) in [5.74, 6) is -0.742. The molecule has 0 aromatic heterocycles. The molecular weight excluding hydrogens is 208 g/mol. The van der Waals surface area contributed by atoms with Gasteiger partial charge in [-0.15, -0.1) is 0 Å². The van der Waals surface area contributed by atoms with Crippen LogP contribution in [-0.4, -0.2) is 34.5 Å². The van der Waals surface area contributed by atoms with Crippen molar-refractivity contribution in [1.82, 2.24) is 0 Å². The van der Waals surface area contributed by atoms with Gasteiger partial charge in [0.05, 0.1) is 0 Å². The molecule has 2 N–H and O–H groups in total. The number of hydrogen-bond donors (Lipinski definition) is 2. The van der Waals surface area contributed by atoms with Gasteiger partial charge in [-0.3, -0.25) is 0 Å². The zero-order valence-corrected chi connectivity index (χ0v) is 9.63. The van der Waals surface area contributed by atoms with Crippen LogP contribution in [0.4, 0.5) is 0 Å². The van der Waals surface area contributed by atoms with E-state index in [1.807, 2.05) is 6.08 Å². The normalized spacial score (nSPS) is 29.9. The Kier molecular flexibility index (Phi) is 5.49. The number of aliphatic hydroxyl groups is 2. The van der Waals surface area contributed by atoms with Gasteiger partial charge in [0.1, 0.15) is 12.2 Å². The smallest absolute Gasteiger partial charge is 0.338 e. The summed E-state index contributed by atoms with van der Waals surface area (Å²) in [5, 5.41) is 18.6. The second-order valence-corrected chi connectivity index (χ2v) is 4.11. The highest BCUT2D eigenvalue weighted by Gasteiger charge is 2.40. The lowest BCUT2D eigenvalue weighted by atomic mass is 10.1. The van der Waals surface area contributed by atoms with Crippen molar-refractivity contribution in [2.75, 3.05) is 0 Å². The number of carbonyl (C=O) groups is 1. The predicted molar refractivity (Wildman–Crippen MR) is 59.8 cm³/mol. The second kappa shape index (κ2) is 6.66. The third-order valence-corrected chi connectivity index (χ3v) is 2.70. The first-order valence-electron chi connectivity index (χ1n) is 5.90. The molecule has 1 rings (SSSR count). The Balaban J connectivity index is 2.22. The van der Waals surface area contributed by atoms with E-state index < -0.39 is 24.3 Å². The van der Waals surface area contributed by atoms with E-state index in [9.17, 15) is 9.90 Å². The molecule has 0 bridgehead atoms. The third kappa shape index (κ3) is 3.61. The minimum atomic E-state index is -1.39. The maximum Gasteiger partial charge on any atom is 0.338 e. The molecule has 0 amide bonds. The molecule has 0 spiro atoms. The number of carbonyl (C=O) groups excluding carboxylic acids is 1. The van der Waals surface area contributed by atoms with Crippen LogP contribution in [0.3, 0.4) is 0 Å². The van der Waals surface area contributed by atoms with Crippen LogP contribution in [-0.2, 0) is 9.53 Å². The van der Waals surface area contributed by atoms with Crippen LogP contribution in [0.1, 0.15) is 39.0 Å². The van der Waals surface area contributed by atoms with Gasteiger partial charge in [0.15, 0.2) is 6.10 Å². The van der Waals surface area contributed by atoms with Gasteiger partial charge < -0.3 is 14.9 Å². The van der Waals surface area contributed by atoms with Gasteiger partial charge in [0.25, 0.3) is 0 Å². The van der Waals surface area contributed by atoms with Gasteiger partial charge in [-0.25, -0.2) is 4.79 Å². The Morgan fingerprint density at radius 1 is 1.31 bits per heavy atom.